The monoisotopic (exact) mass is 347 g/mol. The van der Waals surface area contributed by atoms with Crippen molar-refractivity contribution >= 4 is 44.7 Å². The molecular formula is C13H18ClN3O2S2. The fourth-order valence-electron chi connectivity index (χ4n) is 2.32. The van der Waals surface area contributed by atoms with E-state index in [1.54, 1.807) is 36.9 Å². The van der Waals surface area contributed by atoms with Gasteiger partial charge >= 0.3 is 0 Å². The Kier molecular flexibility index (Phi) is 5.06. The van der Waals surface area contributed by atoms with Crippen LogP contribution < -0.4 is 10.6 Å². The summed E-state index contributed by atoms with van der Waals surface area (Å²) in [6, 6.07) is 5.05. The molecule has 0 bridgehead atoms. The summed E-state index contributed by atoms with van der Waals surface area (Å²) in [4.78, 5) is 1.84. The second-order valence-electron chi connectivity index (χ2n) is 4.75. The summed E-state index contributed by atoms with van der Waals surface area (Å²) in [6.45, 7) is 2.26. The molecule has 1 aromatic rings. The fourth-order valence-corrected chi connectivity index (χ4v) is 5.48. The molecule has 1 aliphatic heterocycles. The lowest BCUT2D eigenvalue weighted by molar-refractivity contribution is 0.579. The predicted octanol–water partition coefficient (Wildman–Crippen LogP) is 1.94. The molecule has 1 saturated heterocycles. The highest BCUT2D eigenvalue weighted by Gasteiger charge is 2.34. The minimum atomic E-state index is -3.21. The third-order valence-electron chi connectivity index (χ3n) is 3.46. The Labute approximate surface area is 134 Å². The van der Waals surface area contributed by atoms with Crippen LogP contribution >= 0.6 is 23.4 Å². The number of nitrogens with one attached hydrogen (secondary N) is 1. The third kappa shape index (κ3) is 3.46. The SMILES string of the molecule is CCS(=O)(=O)C1CSCCN1c1ccc(Cl)cc1C(=N)N. The quantitative estimate of drug-likeness (QED) is 0.642. The van der Waals surface area contributed by atoms with Crippen LogP contribution in [0.5, 0.6) is 0 Å². The van der Waals surface area contributed by atoms with Crippen LogP contribution in [-0.2, 0) is 9.84 Å². The molecule has 5 nitrogen and oxygen atoms in total. The molecule has 0 radical (unpaired) electrons. The first kappa shape index (κ1) is 16.5. The van der Waals surface area contributed by atoms with E-state index in [0.29, 0.717) is 28.6 Å². The van der Waals surface area contributed by atoms with Crippen molar-refractivity contribution in [3.8, 4) is 0 Å². The van der Waals surface area contributed by atoms with E-state index in [9.17, 15) is 8.42 Å². The molecule has 1 aromatic carbocycles. The molecule has 0 aliphatic carbocycles. The van der Waals surface area contributed by atoms with E-state index >= 15 is 0 Å². The number of thioether (sulfide) groups is 1. The lowest BCUT2D eigenvalue weighted by atomic mass is 10.1. The Morgan fingerprint density at radius 2 is 2.29 bits per heavy atom. The molecule has 3 N–H and O–H groups in total. The highest BCUT2D eigenvalue weighted by Crippen LogP contribution is 2.31. The summed E-state index contributed by atoms with van der Waals surface area (Å²) in [7, 11) is -3.21. The Bertz CT molecular complexity index is 649. The predicted molar refractivity (Wildman–Crippen MR) is 90.4 cm³/mol. The molecule has 0 spiro atoms. The van der Waals surface area contributed by atoms with Crippen LogP contribution in [0.15, 0.2) is 18.2 Å². The van der Waals surface area contributed by atoms with Gasteiger partial charge in [0.1, 0.15) is 11.2 Å². The van der Waals surface area contributed by atoms with E-state index in [2.05, 4.69) is 0 Å². The molecule has 8 heteroatoms. The van der Waals surface area contributed by atoms with Crippen LogP contribution in [0.1, 0.15) is 12.5 Å². The summed E-state index contributed by atoms with van der Waals surface area (Å²) < 4.78 is 24.6. The van der Waals surface area contributed by atoms with Crippen molar-refractivity contribution in [2.45, 2.75) is 12.3 Å². The van der Waals surface area contributed by atoms with E-state index in [0.717, 1.165) is 5.75 Å². The number of hydrogen-bond donors (Lipinski definition) is 2. The van der Waals surface area contributed by atoms with E-state index in [1.165, 1.54) is 0 Å². The zero-order valence-electron chi connectivity index (χ0n) is 11.7. The van der Waals surface area contributed by atoms with Crippen molar-refractivity contribution in [3.05, 3.63) is 28.8 Å². The minimum absolute atomic E-state index is 0.0950. The Morgan fingerprint density at radius 1 is 1.57 bits per heavy atom. The second-order valence-corrected chi connectivity index (χ2v) is 8.78. The van der Waals surface area contributed by atoms with Crippen molar-refractivity contribution < 1.29 is 8.42 Å². The van der Waals surface area contributed by atoms with Gasteiger partial charge in [-0.05, 0) is 18.2 Å². The molecule has 0 aromatic heterocycles. The van der Waals surface area contributed by atoms with Gasteiger partial charge < -0.3 is 10.6 Å². The standard InChI is InChI=1S/C13H18ClN3O2S2/c1-2-21(18,19)12-8-20-6-5-17(12)11-4-3-9(14)7-10(11)13(15)16/h3-4,7,12H,2,5-6,8H2,1H3,(H3,15,16). The lowest BCUT2D eigenvalue weighted by Gasteiger charge is -2.37. The van der Waals surface area contributed by atoms with Crippen molar-refractivity contribution in [1.82, 2.24) is 0 Å². The third-order valence-corrected chi connectivity index (χ3v) is 6.98. The zero-order chi connectivity index (χ0) is 15.6. The highest BCUT2D eigenvalue weighted by molar-refractivity contribution is 8.01. The molecule has 1 aliphatic rings. The van der Waals surface area contributed by atoms with Crippen molar-refractivity contribution in [2.75, 3.05) is 28.7 Å². The maximum absolute atomic E-state index is 12.3. The summed E-state index contributed by atoms with van der Waals surface area (Å²) in [5, 5.41) is 7.59. The number of hydrogen-bond acceptors (Lipinski definition) is 5. The Balaban J connectivity index is 2.50. The molecule has 116 valence electrons. The van der Waals surface area contributed by atoms with Gasteiger partial charge in [0.25, 0.3) is 0 Å². The molecule has 0 amide bonds. The summed E-state index contributed by atoms with van der Waals surface area (Å²) in [5.74, 6) is 1.35. The molecule has 2 rings (SSSR count). The first-order valence-electron chi connectivity index (χ1n) is 6.56. The van der Waals surface area contributed by atoms with Gasteiger partial charge in [0.15, 0.2) is 9.84 Å². The van der Waals surface area contributed by atoms with Crippen molar-refractivity contribution in [1.29, 1.82) is 5.41 Å². The van der Waals surface area contributed by atoms with E-state index in [-0.39, 0.29) is 11.6 Å². The van der Waals surface area contributed by atoms with Crippen LogP contribution in [0.2, 0.25) is 5.02 Å². The number of nitrogens with two attached hydrogens (primary N) is 1. The summed E-state index contributed by atoms with van der Waals surface area (Å²) in [6.07, 6.45) is 0. The molecule has 1 atom stereocenters. The molecule has 0 saturated carbocycles. The first-order valence-corrected chi connectivity index (χ1v) is 9.81. The maximum atomic E-state index is 12.3. The van der Waals surface area contributed by atoms with E-state index < -0.39 is 15.2 Å². The van der Waals surface area contributed by atoms with Crippen LogP contribution in [0.3, 0.4) is 0 Å². The molecule has 1 fully saturated rings. The number of benzene rings is 1. The van der Waals surface area contributed by atoms with Crippen molar-refractivity contribution in [2.24, 2.45) is 5.73 Å². The minimum Gasteiger partial charge on any atom is -0.384 e. The second kappa shape index (κ2) is 6.46. The van der Waals surface area contributed by atoms with Gasteiger partial charge in [-0.15, -0.1) is 0 Å². The number of anilines is 1. The van der Waals surface area contributed by atoms with Crippen LogP contribution in [0.25, 0.3) is 0 Å². The van der Waals surface area contributed by atoms with Crippen LogP contribution in [0.4, 0.5) is 5.69 Å². The fraction of sp³-hybridized carbons (Fsp3) is 0.462. The highest BCUT2D eigenvalue weighted by atomic mass is 35.5. The van der Waals surface area contributed by atoms with Crippen LogP contribution in [-0.4, -0.2) is 43.4 Å². The van der Waals surface area contributed by atoms with Gasteiger partial charge in [0.2, 0.25) is 0 Å². The molecule has 1 unspecified atom stereocenters. The number of sulfone groups is 1. The van der Waals surface area contributed by atoms with Crippen molar-refractivity contribution in [3.63, 3.8) is 0 Å². The van der Waals surface area contributed by atoms with E-state index in [4.69, 9.17) is 22.7 Å². The Morgan fingerprint density at radius 3 is 2.90 bits per heavy atom. The smallest absolute Gasteiger partial charge is 0.171 e. The van der Waals surface area contributed by atoms with Gasteiger partial charge in [-0.3, -0.25) is 5.41 Å². The van der Waals surface area contributed by atoms with Gasteiger partial charge in [-0.25, -0.2) is 8.42 Å². The topological polar surface area (TPSA) is 87.2 Å². The first-order chi connectivity index (χ1) is 9.86. The van der Waals surface area contributed by atoms with Gasteiger partial charge in [-0.1, -0.05) is 18.5 Å². The Hall–Kier alpha value is -0.920. The lowest BCUT2D eigenvalue weighted by Crippen LogP contribution is -2.48. The van der Waals surface area contributed by atoms with Gasteiger partial charge in [-0.2, -0.15) is 11.8 Å². The average Bonchev–Trinajstić information content (AvgIpc) is 2.47. The average molecular weight is 348 g/mol. The number of rotatable bonds is 4. The summed E-state index contributed by atoms with van der Waals surface area (Å²) in [5.41, 5.74) is 6.76. The van der Waals surface area contributed by atoms with Gasteiger partial charge in [0.05, 0.1) is 0 Å². The molecule has 1 heterocycles. The summed E-state index contributed by atoms with van der Waals surface area (Å²) >= 11 is 7.59. The molecule has 21 heavy (non-hydrogen) atoms. The maximum Gasteiger partial charge on any atom is 0.171 e. The largest absolute Gasteiger partial charge is 0.384 e. The number of nitrogens with zero attached hydrogens (tertiary/aromatic N) is 1. The molecular weight excluding hydrogens is 330 g/mol. The zero-order valence-corrected chi connectivity index (χ0v) is 14.1. The van der Waals surface area contributed by atoms with Crippen LogP contribution in [0, 0.1) is 5.41 Å². The van der Waals surface area contributed by atoms with E-state index in [1.807, 2.05) is 4.90 Å². The van der Waals surface area contributed by atoms with Gasteiger partial charge in [0, 0.05) is 40.1 Å². The number of amidine groups is 1. The number of halogens is 1. The normalized spacial score (nSPS) is 19.5. The number of nitrogen functional groups attached to an aromatic ring is 1.